The van der Waals surface area contributed by atoms with Crippen LogP contribution in [-0.4, -0.2) is 5.88 Å². The molecule has 0 aromatic heterocycles. The van der Waals surface area contributed by atoms with Crippen LogP contribution in [-0.2, 0) is 0 Å². The van der Waals surface area contributed by atoms with E-state index in [4.69, 9.17) is 11.6 Å². The van der Waals surface area contributed by atoms with Gasteiger partial charge in [0.1, 0.15) is 0 Å². The van der Waals surface area contributed by atoms with E-state index in [0.29, 0.717) is 5.41 Å². The summed E-state index contributed by atoms with van der Waals surface area (Å²) in [4.78, 5) is 0. The van der Waals surface area contributed by atoms with Gasteiger partial charge in [0.25, 0.3) is 0 Å². The summed E-state index contributed by atoms with van der Waals surface area (Å²) in [6.07, 6.45) is 13.0. The Labute approximate surface area is 120 Å². The summed E-state index contributed by atoms with van der Waals surface area (Å²) in [6.45, 7) is 11.2. The van der Waals surface area contributed by atoms with Gasteiger partial charge in [-0.25, -0.2) is 0 Å². The topological polar surface area (TPSA) is 0 Å². The van der Waals surface area contributed by atoms with Crippen LogP contribution in [0.5, 0.6) is 0 Å². The van der Waals surface area contributed by atoms with Crippen LogP contribution < -0.4 is 0 Å². The third-order valence-electron chi connectivity index (χ3n) is 4.16. The first kappa shape index (κ1) is 18.0. The van der Waals surface area contributed by atoms with Gasteiger partial charge >= 0.3 is 0 Å². The molecular weight excluding hydrogens is 240 g/mol. The molecule has 0 saturated carbocycles. The second kappa shape index (κ2) is 10.9. The molecule has 0 saturated heterocycles. The van der Waals surface area contributed by atoms with E-state index < -0.39 is 0 Å². The Balaban J connectivity index is 4.15. The number of rotatable bonds is 12. The smallest absolute Gasteiger partial charge is 0.0260 e. The van der Waals surface area contributed by atoms with Crippen molar-refractivity contribution in [3.63, 3.8) is 0 Å². The molecular formula is C17H33Cl. The summed E-state index contributed by atoms with van der Waals surface area (Å²) >= 11 is 5.88. The molecule has 0 aliphatic heterocycles. The lowest BCUT2D eigenvalue weighted by Gasteiger charge is -2.32. The first-order valence-electron chi connectivity index (χ1n) is 7.85. The fraction of sp³-hybridized carbons (Fsp3) is 0.882. The average molecular weight is 273 g/mol. The van der Waals surface area contributed by atoms with Crippen molar-refractivity contribution in [3.05, 3.63) is 12.2 Å². The van der Waals surface area contributed by atoms with E-state index in [-0.39, 0.29) is 0 Å². The minimum atomic E-state index is 0.330. The molecule has 0 aromatic carbocycles. The maximum Gasteiger partial charge on any atom is 0.0260 e. The van der Waals surface area contributed by atoms with Gasteiger partial charge < -0.3 is 0 Å². The normalized spacial score (nSPS) is 14.4. The first-order valence-corrected chi connectivity index (χ1v) is 8.38. The fourth-order valence-electron chi connectivity index (χ4n) is 2.58. The third-order valence-corrected chi connectivity index (χ3v) is 4.35. The van der Waals surface area contributed by atoms with Crippen molar-refractivity contribution in [2.24, 2.45) is 5.41 Å². The van der Waals surface area contributed by atoms with Gasteiger partial charge in [-0.2, -0.15) is 0 Å². The van der Waals surface area contributed by atoms with Crippen molar-refractivity contribution in [1.29, 1.82) is 0 Å². The molecule has 1 unspecified atom stereocenters. The molecule has 0 heterocycles. The Morgan fingerprint density at radius 3 is 2.06 bits per heavy atom. The molecule has 0 bridgehead atoms. The van der Waals surface area contributed by atoms with Gasteiger partial charge in [0.2, 0.25) is 0 Å². The minimum Gasteiger partial charge on any atom is -0.126 e. The highest BCUT2D eigenvalue weighted by Gasteiger charge is 2.25. The SMILES string of the molecule is C=C(CCCl)C(C)(CCCC)CCCCCCC. The van der Waals surface area contributed by atoms with Crippen molar-refractivity contribution in [1.82, 2.24) is 0 Å². The highest BCUT2D eigenvalue weighted by Crippen LogP contribution is 2.39. The maximum absolute atomic E-state index is 5.88. The van der Waals surface area contributed by atoms with E-state index in [1.165, 1.54) is 63.4 Å². The lowest BCUT2D eigenvalue weighted by Crippen LogP contribution is -2.19. The number of hydrogen-bond acceptors (Lipinski definition) is 0. The largest absolute Gasteiger partial charge is 0.126 e. The van der Waals surface area contributed by atoms with Crippen molar-refractivity contribution >= 4 is 11.6 Å². The minimum absolute atomic E-state index is 0.330. The standard InChI is InChI=1S/C17H33Cl/c1-5-7-9-10-11-14-17(4,13-8-6-2)16(3)12-15-18/h3,5-15H2,1-2,4H3. The van der Waals surface area contributed by atoms with E-state index in [9.17, 15) is 0 Å². The summed E-state index contributed by atoms with van der Waals surface area (Å²) in [7, 11) is 0. The summed E-state index contributed by atoms with van der Waals surface area (Å²) in [5.41, 5.74) is 1.71. The highest BCUT2D eigenvalue weighted by atomic mass is 35.5. The van der Waals surface area contributed by atoms with Crippen LogP contribution in [0.15, 0.2) is 12.2 Å². The molecule has 0 radical (unpaired) electrons. The van der Waals surface area contributed by atoms with E-state index in [2.05, 4.69) is 27.4 Å². The number of halogens is 1. The van der Waals surface area contributed by atoms with Gasteiger partial charge in [-0.1, -0.05) is 77.9 Å². The second-order valence-corrected chi connectivity index (χ2v) is 6.25. The van der Waals surface area contributed by atoms with Crippen LogP contribution >= 0.6 is 11.6 Å². The summed E-state index contributed by atoms with van der Waals surface area (Å²) in [5.74, 6) is 0.719. The monoisotopic (exact) mass is 272 g/mol. The molecule has 0 rings (SSSR count). The Hall–Kier alpha value is 0.0300. The number of hydrogen-bond donors (Lipinski definition) is 0. The van der Waals surface area contributed by atoms with Crippen LogP contribution in [0.2, 0.25) is 0 Å². The van der Waals surface area contributed by atoms with Crippen LogP contribution in [0, 0.1) is 5.41 Å². The Morgan fingerprint density at radius 2 is 1.50 bits per heavy atom. The lowest BCUT2D eigenvalue weighted by molar-refractivity contribution is 0.305. The van der Waals surface area contributed by atoms with Crippen LogP contribution in [0.3, 0.4) is 0 Å². The molecule has 0 amide bonds. The van der Waals surface area contributed by atoms with E-state index in [1.54, 1.807) is 0 Å². The molecule has 0 nitrogen and oxygen atoms in total. The highest BCUT2D eigenvalue weighted by molar-refractivity contribution is 6.18. The zero-order valence-corrected chi connectivity index (χ0v) is 13.6. The van der Waals surface area contributed by atoms with Gasteiger partial charge in [0, 0.05) is 5.88 Å². The van der Waals surface area contributed by atoms with Crippen molar-refractivity contribution in [2.45, 2.75) is 85.0 Å². The Morgan fingerprint density at radius 1 is 0.944 bits per heavy atom. The van der Waals surface area contributed by atoms with Crippen molar-refractivity contribution in [3.8, 4) is 0 Å². The number of alkyl halides is 1. The fourth-order valence-corrected chi connectivity index (χ4v) is 2.81. The van der Waals surface area contributed by atoms with E-state index in [1.807, 2.05) is 0 Å². The van der Waals surface area contributed by atoms with Crippen LogP contribution in [0.25, 0.3) is 0 Å². The maximum atomic E-state index is 5.88. The van der Waals surface area contributed by atoms with Crippen LogP contribution in [0.1, 0.15) is 85.0 Å². The van der Waals surface area contributed by atoms with Crippen molar-refractivity contribution < 1.29 is 0 Å². The molecule has 1 heteroatoms. The molecule has 0 fully saturated rings. The Bertz CT molecular complexity index is 210. The molecule has 108 valence electrons. The predicted molar refractivity (Wildman–Crippen MR) is 85.5 cm³/mol. The van der Waals surface area contributed by atoms with Gasteiger partial charge in [-0.15, -0.1) is 11.6 Å². The van der Waals surface area contributed by atoms with Gasteiger partial charge in [-0.3, -0.25) is 0 Å². The Kier molecular flexibility index (Phi) is 10.9. The van der Waals surface area contributed by atoms with E-state index >= 15 is 0 Å². The first-order chi connectivity index (χ1) is 8.60. The quantitative estimate of drug-likeness (QED) is 0.210. The summed E-state index contributed by atoms with van der Waals surface area (Å²) in [5, 5.41) is 0. The predicted octanol–water partition coefficient (Wildman–Crippen LogP) is 6.73. The molecule has 0 spiro atoms. The average Bonchev–Trinajstić information content (AvgIpc) is 2.36. The number of unbranched alkanes of at least 4 members (excludes halogenated alkanes) is 5. The zero-order chi connectivity index (χ0) is 13.9. The summed E-state index contributed by atoms with van der Waals surface area (Å²) in [6, 6.07) is 0. The van der Waals surface area contributed by atoms with Gasteiger partial charge in [0.15, 0.2) is 0 Å². The van der Waals surface area contributed by atoms with Crippen molar-refractivity contribution in [2.75, 3.05) is 5.88 Å². The second-order valence-electron chi connectivity index (χ2n) is 5.87. The van der Waals surface area contributed by atoms with Gasteiger partial charge in [-0.05, 0) is 24.7 Å². The molecule has 18 heavy (non-hydrogen) atoms. The van der Waals surface area contributed by atoms with E-state index in [0.717, 1.165) is 12.3 Å². The van der Waals surface area contributed by atoms with Gasteiger partial charge in [0.05, 0.1) is 0 Å². The lowest BCUT2D eigenvalue weighted by atomic mass is 9.73. The molecule has 1 atom stereocenters. The molecule has 0 N–H and O–H groups in total. The number of allylic oxidation sites excluding steroid dienone is 1. The molecule has 0 aliphatic carbocycles. The third kappa shape index (κ3) is 7.46. The summed E-state index contributed by atoms with van der Waals surface area (Å²) < 4.78 is 0. The van der Waals surface area contributed by atoms with Crippen LogP contribution in [0.4, 0.5) is 0 Å². The molecule has 0 aromatic rings. The zero-order valence-electron chi connectivity index (χ0n) is 12.9. The molecule has 0 aliphatic rings.